The van der Waals surface area contributed by atoms with Crippen molar-refractivity contribution >= 4 is 17.3 Å². The summed E-state index contributed by atoms with van der Waals surface area (Å²) < 4.78 is 0. The number of amides is 1. The first-order chi connectivity index (χ1) is 10.1. The molecule has 4 nitrogen and oxygen atoms in total. The van der Waals surface area contributed by atoms with Crippen molar-refractivity contribution in [3.63, 3.8) is 0 Å². The molecule has 0 unspecified atom stereocenters. The number of nitrogens with zero attached hydrogens (tertiary/aromatic N) is 1. The van der Waals surface area contributed by atoms with Crippen molar-refractivity contribution in [2.45, 2.75) is 45.6 Å². The topological polar surface area (TPSA) is 58.4 Å². The van der Waals surface area contributed by atoms with Crippen molar-refractivity contribution in [2.75, 3.05) is 23.3 Å². The molecule has 116 valence electrons. The van der Waals surface area contributed by atoms with Gasteiger partial charge in [0.05, 0.1) is 0 Å². The Balaban J connectivity index is 1.92. The van der Waals surface area contributed by atoms with Crippen LogP contribution in [0.3, 0.4) is 0 Å². The van der Waals surface area contributed by atoms with Gasteiger partial charge in [-0.15, -0.1) is 0 Å². The zero-order valence-corrected chi connectivity index (χ0v) is 13.1. The van der Waals surface area contributed by atoms with Crippen LogP contribution in [0.2, 0.25) is 0 Å². The molecule has 1 aliphatic rings. The van der Waals surface area contributed by atoms with Gasteiger partial charge in [0.25, 0.3) is 0 Å². The molecule has 0 aliphatic heterocycles. The lowest BCUT2D eigenvalue weighted by Gasteiger charge is -2.25. The molecule has 0 heterocycles. The van der Waals surface area contributed by atoms with Crippen molar-refractivity contribution in [1.82, 2.24) is 0 Å². The molecule has 0 bridgehead atoms. The van der Waals surface area contributed by atoms with E-state index in [0.29, 0.717) is 0 Å². The highest BCUT2D eigenvalue weighted by molar-refractivity contribution is 5.92. The van der Waals surface area contributed by atoms with E-state index in [0.717, 1.165) is 44.5 Å². The Morgan fingerprint density at radius 1 is 1.14 bits per heavy atom. The van der Waals surface area contributed by atoms with Gasteiger partial charge in [-0.1, -0.05) is 0 Å². The summed E-state index contributed by atoms with van der Waals surface area (Å²) in [6.07, 6.45) is 3.73. The lowest BCUT2D eigenvalue weighted by molar-refractivity contribution is -0.120. The van der Waals surface area contributed by atoms with E-state index in [2.05, 4.69) is 36.2 Å². The molecule has 1 fully saturated rings. The summed E-state index contributed by atoms with van der Waals surface area (Å²) >= 11 is 0. The summed E-state index contributed by atoms with van der Waals surface area (Å²) in [4.78, 5) is 14.5. The summed E-state index contributed by atoms with van der Waals surface area (Å²) in [6, 6.07) is 8.39. The minimum Gasteiger partial charge on any atom is -0.372 e. The van der Waals surface area contributed by atoms with Crippen LogP contribution in [0.15, 0.2) is 24.3 Å². The third kappa shape index (κ3) is 4.21. The number of benzene rings is 1. The number of hydrogen-bond acceptors (Lipinski definition) is 3. The van der Waals surface area contributed by atoms with E-state index in [1.807, 2.05) is 12.1 Å². The van der Waals surface area contributed by atoms with Gasteiger partial charge in [0.1, 0.15) is 0 Å². The van der Waals surface area contributed by atoms with E-state index >= 15 is 0 Å². The van der Waals surface area contributed by atoms with Gasteiger partial charge in [0.2, 0.25) is 5.91 Å². The molecule has 21 heavy (non-hydrogen) atoms. The number of carbonyl (C=O) groups is 1. The largest absolute Gasteiger partial charge is 0.372 e. The van der Waals surface area contributed by atoms with Crippen molar-refractivity contribution in [3.8, 4) is 0 Å². The minimum atomic E-state index is 0.118. The van der Waals surface area contributed by atoms with E-state index in [1.54, 1.807) is 0 Å². The molecule has 1 aromatic carbocycles. The smallest absolute Gasteiger partial charge is 0.227 e. The van der Waals surface area contributed by atoms with Gasteiger partial charge in [0, 0.05) is 36.4 Å². The summed E-state index contributed by atoms with van der Waals surface area (Å²) in [5, 5.41) is 3.03. The highest BCUT2D eigenvalue weighted by atomic mass is 16.1. The van der Waals surface area contributed by atoms with Crippen molar-refractivity contribution in [2.24, 2.45) is 11.7 Å². The molecule has 1 aromatic rings. The van der Waals surface area contributed by atoms with Crippen LogP contribution in [0.25, 0.3) is 0 Å². The standard InChI is InChI=1S/C17H27N3O/c1-3-20(4-2)16-11-9-15(10-12-16)19-17(21)13-5-7-14(18)8-6-13/h9-14H,3-8,18H2,1-2H3,(H,19,21). The molecular weight excluding hydrogens is 262 g/mol. The Morgan fingerprint density at radius 3 is 2.24 bits per heavy atom. The second kappa shape index (κ2) is 7.46. The van der Waals surface area contributed by atoms with Gasteiger partial charge < -0.3 is 16.0 Å². The van der Waals surface area contributed by atoms with Crippen LogP contribution in [0.4, 0.5) is 11.4 Å². The Morgan fingerprint density at radius 2 is 1.71 bits per heavy atom. The Kier molecular flexibility index (Phi) is 5.62. The molecule has 0 spiro atoms. The average Bonchev–Trinajstić information content (AvgIpc) is 2.51. The lowest BCUT2D eigenvalue weighted by atomic mass is 9.86. The first-order valence-electron chi connectivity index (χ1n) is 8.05. The van der Waals surface area contributed by atoms with Crippen molar-refractivity contribution < 1.29 is 4.79 Å². The molecular formula is C17H27N3O. The van der Waals surface area contributed by atoms with Crippen LogP contribution in [-0.4, -0.2) is 25.0 Å². The number of carbonyl (C=O) groups excluding carboxylic acids is 1. The van der Waals surface area contributed by atoms with E-state index in [1.165, 1.54) is 5.69 Å². The molecule has 0 saturated heterocycles. The van der Waals surface area contributed by atoms with Gasteiger partial charge in [-0.25, -0.2) is 0 Å². The SMILES string of the molecule is CCN(CC)c1ccc(NC(=O)C2CCC(N)CC2)cc1. The third-order valence-corrected chi connectivity index (χ3v) is 4.41. The molecule has 1 saturated carbocycles. The normalized spacial score (nSPS) is 21.9. The summed E-state index contributed by atoms with van der Waals surface area (Å²) in [6.45, 7) is 6.27. The van der Waals surface area contributed by atoms with E-state index in [9.17, 15) is 4.79 Å². The van der Waals surface area contributed by atoms with Crippen molar-refractivity contribution in [3.05, 3.63) is 24.3 Å². The maximum Gasteiger partial charge on any atom is 0.227 e. The first-order valence-corrected chi connectivity index (χ1v) is 8.05. The van der Waals surface area contributed by atoms with Crippen LogP contribution in [-0.2, 0) is 4.79 Å². The van der Waals surface area contributed by atoms with E-state index in [-0.39, 0.29) is 17.9 Å². The summed E-state index contributed by atoms with van der Waals surface area (Å²) in [7, 11) is 0. The Hall–Kier alpha value is -1.55. The lowest BCUT2D eigenvalue weighted by Crippen LogP contribution is -2.32. The molecule has 1 aliphatic carbocycles. The number of rotatable bonds is 5. The van der Waals surface area contributed by atoms with Gasteiger partial charge in [-0.05, 0) is 63.8 Å². The van der Waals surface area contributed by atoms with Gasteiger partial charge in [-0.2, -0.15) is 0 Å². The zero-order valence-electron chi connectivity index (χ0n) is 13.1. The summed E-state index contributed by atoms with van der Waals surface area (Å²) in [5.74, 6) is 0.254. The van der Waals surface area contributed by atoms with Crippen LogP contribution in [0.1, 0.15) is 39.5 Å². The predicted octanol–water partition coefficient (Wildman–Crippen LogP) is 2.99. The average molecular weight is 289 g/mol. The molecule has 1 amide bonds. The van der Waals surface area contributed by atoms with Gasteiger partial charge in [-0.3, -0.25) is 4.79 Å². The number of nitrogens with one attached hydrogen (secondary N) is 1. The fraction of sp³-hybridized carbons (Fsp3) is 0.588. The molecule has 3 N–H and O–H groups in total. The summed E-state index contributed by atoms with van der Waals surface area (Å²) in [5.41, 5.74) is 7.96. The molecule has 2 rings (SSSR count). The van der Waals surface area contributed by atoms with Crippen LogP contribution in [0.5, 0.6) is 0 Å². The zero-order chi connectivity index (χ0) is 15.2. The number of anilines is 2. The van der Waals surface area contributed by atoms with E-state index < -0.39 is 0 Å². The van der Waals surface area contributed by atoms with Gasteiger partial charge in [0.15, 0.2) is 0 Å². The highest BCUT2D eigenvalue weighted by Gasteiger charge is 2.24. The van der Waals surface area contributed by atoms with Crippen LogP contribution < -0.4 is 16.0 Å². The highest BCUT2D eigenvalue weighted by Crippen LogP contribution is 2.25. The van der Waals surface area contributed by atoms with Crippen LogP contribution in [0, 0.1) is 5.92 Å². The maximum absolute atomic E-state index is 12.2. The molecule has 0 aromatic heterocycles. The number of nitrogens with two attached hydrogens (primary N) is 1. The third-order valence-electron chi connectivity index (χ3n) is 4.41. The van der Waals surface area contributed by atoms with E-state index in [4.69, 9.17) is 5.73 Å². The Labute approximate surface area is 127 Å². The molecule has 0 atom stereocenters. The Bertz CT molecular complexity index is 446. The fourth-order valence-electron chi connectivity index (χ4n) is 2.97. The fourth-order valence-corrected chi connectivity index (χ4v) is 2.97. The quantitative estimate of drug-likeness (QED) is 0.876. The maximum atomic E-state index is 12.2. The van der Waals surface area contributed by atoms with Crippen LogP contribution >= 0.6 is 0 Å². The first kappa shape index (κ1) is 15.8. The molecule has 4 heteroatoms. The second-order valence-electron chi connectivity index (χ2n) is 5.82. The van der Waals surface area contributed by atoms with Gasteiger partial charge >= 0.3 is 0 Å². The number of hydrogen-bond donors (Lipinski definition) is 2. The second-order valence-corrected chi connectivity index (χ2v) is 5.82. The minimum absolute atomic E-state index is 0.118. The predicted molar refractivity (Wildman–Crippen MR) is 88.6 cm³/mol. The molecule has 0 radical (unpaired) electrons. The van der Waals surface area contributed by atoms with Crippen molar-refractivity contribution in [1.29, 1.82) is 0 Å². The monoisotopic (exact) mass is 289 g/mol.